The number of para-hydroxylation sites is 1. The van der Waals surface area contributed by atoms with Crippen LogP contribution in [0.15, 0.2) is 18.2 Å². The molecule has 0 spiro atoms. The van der Waals surface area contributed by atoms with Gasteiger partial charge < -0.3 is 5.32 Å². The molecular formula is C13H15FN2S. The van der Waals surface area contributed by atoms with Gasteiger partial charge in [-0.2, -0.15) is 0 Å². The molecule has 2 heterocycles. The van der Waals surface area contributed by atoms with Crippen LogP contribution in [0.2, 0.25) is 0 Å². The smallest absolute Gasteiger partial charge is 0.150 e. The van der Waals surface area contributed by atoms with E-state index < -0.39 is 0 Å². The summed E-state index contributed by atoms with van der Waals surface area (Å²) in [5.41, 5.74) is 0.540. The fourth-order valence-corrected chi connectivity index (χ4v) is 3.59. The lowest BCUT2D eigenvalue weighted by Crippen LogP contribution is -2.34. The van der Waals surface area contributed by atoms with Crippen LogP contribution in [0.5, 0.6) is 0 Å². The predicted octanol–water partition coefficient (Wildman–Crippen LogP) is 3.29. The molecule has 0 saturated carbocycles. The molecule has 2 unspecified atom stereocenters. The SMILES string of the molecule is CC1CC(c2nc3c(F)cccc3s2)CCN1. The second-order valence-electron chi connectivity index (χ2n) is 4.72. The van der Waals surface area contributed by atoms with Gasteiger partial charge >= 0.3 is 0 Å². The maximum Gasteiger partial charge on any atom is 0.150 e. The van der Waals surface area contributed by atoms with E-state index in [1.54, 1.807) is 17.4 Å². The Hall–Kier alpha value is -1.00. The van der Waals surface area contributed by atoms with Crippen LogP contribution in [-0.2, 0) is 0 Å². The lowest BCUT2D eigenvalue weighted by atomic mass is 9.94. The van der Waals surface area contributed by atoms with Crippen LogP contribution in [0.1, 0.15) is 30.7 Å². The van der Waals surface area contributed by atoms with Crippen LogP contribution in [0.3, 0.4) is 0 Å². The molecule has 2 nitrogen and oxygen atoms in total. The molecule has 2 atom stereocenters. The second-order valence-corrected chi connectivity index (χ2v) is 5.78. The fourth-order valence-electron chi connectivity index (χ4n) is 2.46. The van der Waals surface area contributed by atoms with Gasteiger partial charge in [0.25, 0.3) is 0 Å². The molecule has 1 N–H and O–H groups in total. The average Bonchev–Trinajstić information content (AvgIpc) is 2.74. The summed E-state index contributed by atoms with van der Waals surface area (Å²) >= 11 is 1.64. The summed E-state index contributed by atoms with van der Waals surface area (Å²) in [5, 5.41) is 4.53. The van der Waals surface area contributed by atoms with Gasteiger partial charge in [0, 0.05) is 12.0 Å². The van der Waals surface area contributed by atoms with Gasteiger partial charge in [-0.25, -0.2) is 9.37 Å². The predicted molar refractivity (Wildman–Crippen MR) is 69.0 cm³/mol. The van der Waals surface area contributed by atoms with E-state index in [9.17, 15) is 4.39 Å². The van der Waals surface area contributed by atoms with Crippen LogP contribution in [0, 0.1) is 5.82 Å². The van der Waals surface area contributed by atoms with E-state index in [4.69, 9.17) is 0 Å². The molecule has 1 aliphatic heterocycles. The van der Waals surface area contributed by atoms with Gasteiger partial charge in [-0.3, -0.25) is 0 Å². The fraction of sp³-hybridized carbons (Fsp3) is 0.462. The van der Waals surface area contributed by atoms with Crippen molar-refractivity contribution in [3.8, 4) is 0 Å². The number of halogens is 1. The van der Waals surface area contributed by atoms with E-state index in [1.807, 2.05) is 6.07 Å². The second kappa shape index (κ2) is 4.35. The molecule has 0 radical (unpaired) electrons. The quantitative estimate of drug-likeness (QED) is 0.840. The normalized spacial score (nSPS) is 25.3. The Bertz CT molecular complexity index is 537. The van der Waals surface area contributed by atoms with Crippen molar-refractivity contribution in [2.24, 2.45) is 0 Å². The lowest BCUT2D eigenvalue weighted by Gasteiger charge is -2.26. The molecule has 3 rings (SSSR count). The number of thiazole rings is 1. The summed E-state index contributed by atoms with van der Waals surface area (Å²) in [6.45, 7) is 3.23. The van der Waals surface area contributed by atoms with Gasteiger partial charge in [0.2, 0.25) is 0 Å². The summed E-state index contributed by atoms with van der Waals surface area (Å²) in [5.74, 6) is 0.287. The molecule has 0 amide bonds. The highest BCUT2D eigenvalue weighted by Gasteiger charge is 2.23. The highest BCUT2D eigenvalue weighted by molar-refractivity contribution is 7.18. The van der Waals surface area contributed by atoms with Gasteiger partial charge in [-0.1, -0.05) is 6.07 Å². The Morgan fingerprint density at radius 2 is 2.35 bits per heavy atom. The van der Waals surface area contributed by atoms with Gasteiger partial charge in [-0.15, -0.1) is 11.3 Å². The zero-order chi connectivity index (χ0) is 11.8. The zero-order valence-corrected chi connectivity index (χ0v) is 10.6. The molecule has 90 valence electrons. The van der Waals surface area contributed by atoms with Crippen molar-refractivity contribution in [1.82, 2.24) is 10.3 Å². The van der Waals surface area contributed by atoms with E-state index >= 15 is 0 Å². The van der Waals surface area contributed by atoms with Crippen molar-refractivity contribution in [3.63, 3.8) is 0 Å². The molecule has 1 fully saturated rings. The van der Waals surface area contributed by atoms with E-state index in [0.717, 1.165) is 29.1 Å². The highest BCUT2D eigenvalue weighted by atomic mass is 32.1. The van der Waals surface area contributed by atoms with Crippen molar-refractivity contribution in [3.05, 3.63) is 29.0 Å². The van der Waals surface area contributed by atoms with Gasteiger partial charge in [0.15, 0.2) is 0 Å². The first kappa shape index (κ1) is 11.1. The van der Waals surface area contributed by atoms with Crippen molar-refractivity contribution >= 4 is 21.6 Å². The third-order valence-corrected chi connectivity index (χ3v) is 4.54. The molecule has 1 saturated heterocycles. The summed E-state index contributed by atoms with van der Waals surface area (Å²) in [6.07, 6.45) is 2.20. The molecule has 1 aliphatic rings. The van der Waals surface area contributed by atoms with E-state index in [-0.39, 0.29) is 5.82 Å². The number of benzene rings is 1. The number of rotatable bonds is 1. The number of fused-ring (bicyclic) bond motifs is 1. The van der Waals surface area contributed by atoms with E-state index in [2.05, 4.69) is 17.2 Å². The Balaban J connectivity index is 1.97. The van der Waals surface area contributed by atoms with Crippen LogP contribution in [-0.4, -0.2) is 17.6 Å². The van der Waals surface area contributed by atoms with Crippen molar-refractivity contribution in [2.45, 2.75) is 31.7 Å². The van der Waals surface area contributed by atoms with Crippen molar-refractivity contribution in [1.29, 1.82) is 0 Å². The summed E-state index contributed by atoms with van der Waals surface area (Å²) in [6, 6.07) is 5.72. The van der Waals surface area contributed by atoms with Crippen LogP contribution >= 0.6 is 11.3 Å². The minimum atomic E-state index is -0.202. The maximum absolute atomic E-state index is 13.6. The van der Waals surface area contributed by atoms with Gasteiger partial charge in [0.05, 0.1) is 9.71 Å². The Kier molecular flexibility index (Phi) is 2.84. The van der Waals surface area contributed by atoms with E-state index in [0.29, 0.717) is 17.5 Å². The van der Waals surface area contributed by atoms with Gasteiger partial charge in [-0.05, 0) is 38.4 Å². The molecule has 1 aromatic carbocycles. The number of nitrogens with one attached hydrogen (secondary N) is 1. The first-order valence-corrected chi connectivity index (χ1v) is 6.84. The molecular weight excluding hydrogens is 235 g/mol. The Morgan fingerprint density at radius 3 is 3.12 bits per heavy atom. The Labute approximate surface area is 104 Å². The first-order chi connectivity index (χ1) is 8.24. The zero-order valence-electron chi connectivity index (χ0n) is 9.74. The average molecular weight is 250 g/mol. The third kappa shape index (κ3) is 2.07. The topological polar surface area (TPSA) is 24.9 Å². The molecule has 0 aliphatic carbocycles. The van der Waals surface area contributed by atoms with Crippen LogP contribution in [0.4, 0.5) is 4.39 Å². The third-order valence-electron chi connectivity index (χ3n) is 3.36. The minimum absolute atomic E-state index is 0.202. The number of aromatic nitrogens is 1. The largest absolute Gasteiger partial charge is 0.314 e. The monoisotopic (exact) mass is 250 g/mol. The number of hydrogen-bond donors (Lipinski definition) is 1. The highest BCUT2D eigenvalue weighted by Crippen LogP contribution is 2.34. The number of piperidine rings is 1. The summed E-state index contributed by atoms with van der Waals surface area (Å²) < 4.78 is 14.5. The molecule has 17 heavy (non-hydrogen) atoms. The Morgan fingerprint density at radius 1 is 1.47 bits per heavy atom. The van der Waals surface area contributed by atoms with Gasteiger partial charge in [0.1, 0.15) is 11.3 Å². The van der Waals surface area contributed by atoms with Crippen molar-refractivity contribution in [2.75, 3.05) is 6.54 Å². The standard InChI is InChI=1S/C13H15FN2S/c1-8-7-9(5-6-15-8)13-16-12-10(14)3-2-4-11(12)17-13/h2-4,8-9,15H,5-7H2,1H3. The number of hydrogen-bond acceptors (Lipinski definition) is 3. The van der Waals surface area contributed by atoms with Crippen LogP contribution < -0.4 is 5.32 Å². The molecule has 4 heteroatoms. The number of nitrogens with zero attached hydrogens (tertiary/aromatic N) is 1. The maximum atomic E-state index is 13.6. The minimum Gasteiger partial charge on any atom is -0.314 e. The van der Waals surface area contributed by atoms with Crippen molar-refractivity contribution < 1.29 is 4.39 Å². The first-order valence-electron chi connectivity index (χ1n) is 6.02. The molecule has 1 aromatic heterocycles. The summed E-state index contributed by atoms with van der Waals surface area (Å²) in [7, 11) is 0. The summed E-state index contributed by atoms with van der Waals surface area (Å²) in [4.78, 5) is 4.49. The molecule has 0 bridgehead atoms. The lowest BCUT2D eigenvalue weighted by molar-refractivity contribution is 0.381. The van der Waals surface area contributed by atoms with Crippen LogP contribution in [0.25, 0.3) is 10.2 Å². The molecule has 2 aromatic rings. The van der Waals surface area contributed by atoms with E-state index in [1.165, 1.54) is 6.07 Å².